The molecule has 0 amide bonds. The summed E-state index contributed by atoms with van der Waals surface area (Å²) in [6, 6.07) is 90.8. The second-order valence-corrected chi connectivity index (χ2v) is 17.2. The van der Waals surface area contributed by atoms with Gasteiger partial charge in [-0.2, -0.15) is 0 Å². The maximum Gasteiger partial charge on any atom is 0.143 e. The van der Waals surface area contributed by atoms with Crippen LogP contribution in [-0.2, 0) is 5.41 Å². The zero-order valence-corrected chi connectivity index (χ0v) is 35.5. The van der Waals surface area contributed by atoms with Crippen molar-refractivity contribution in [2.24, 2.45) is 0 Å². The summed E-state index contributed by atoms with van der Waals surface area (Å²) in [6.45, 7) is 0. The molecular formula is C63H41NO. The Morgan fingerprint density at radius 3 is 1.72 bits per heavy atom. The van der Waals surface area contributed by atoms with Crippen LogP contribution in [0, 0.1) is 0 Å². The van der Waals surface area contributed by atoms with Crippen molar-refractivity contribution < 1.29 is 4.42 Å². The van der Waals surface area contributed by atoms with Gasteiger partial charge in [0, 0.05) is 22.3 Å². The molecule has 0 N–H and O–H groups in total. The molecule has 0 bridgehead atoms. The van der Waals surface area contributed by atoms with Crippen molar-refractivity contribution >= 4 is 60.5 Å². The molecule has 12 aromatic rings. The summed E-state index contributed by atoms with van der Waals surface area (Å²) in [7, 11) is 0. The van der Waals surface area contributed by atoms with Crippen LogP contribution in [0.25, 0.3) is 76.9 Å². The highest BCUT2D eigenvalue weighted by molar-refractivity contribution is 6.22. The first-order valence-electron chi connectivity index (χ1n) is 22.4. The third kappa shape index (κ3) is 5.74. The molecule has 0 saturated carbocycles. The monoisotopic (exact) mass is 827 g/mol. The van der Waals surface area contributed by atoms with Crippen LogP contribution in [0.2, 0.25) is 0 Å². The van der Waals surface area contributed by atoms with Gasteiger partial charge in [0.2, 0.25) is 0 Å². The minimum Gasteiger partial charge on any atom is -0.455 e. The first-order chi connectivity index (χ1) is 32.2. The Balaban J connectivity index is 1.10. The van der Waals surface area contributed by atoms with Crippen LogP contribution in [0.15, 0.2) is 253 Å². The molecule has 1 heterocycles. The predicted octanol–water partition coefficient (Wildman–Crippen LogP) is 17.1. The fourth-order valence-electron chi connectivity index (χ4n) is 10.9. The van der Waals surface area contributed by atoms with E-state index in [4.69, 9.17) is 4.42 Å². The van der Waals surface area contributed by atoms with E-state index in [1.165, 1.54) is 66.1 Å². The summed E-state index contributed by atoms with van der Waals surface area (Å²) in [5, 5.41) is 6.91. The number of furan rings is 1. The van der Waals surface area contributed by atoms with Gasteiger partial charge in [0.15, 0.2) is 0 Å². The molecule has 11 aromatic carbocycles. The van der Waals surface area contributed by atoms with Crippen LogP contribution < -0.4 is 4.90 Å². The van der Waals surface area contributed by atoms with E-state index in [1.807, 2.05) is 0 Å². The third-order valence-corrected chi connectivity index (χ3v) is 13.7. The van der Waals surface area contributed by atoms with Crippen LogP contribution in [-0.4, -0.2) is 0 Å². The summed E-state index contributed by atoms with van der Waals surface area (Å²) in [5.74, 6) is 0. The molecule has 2 heteroatoms. The number of hydrogen-bond donors (Lipinski definition) is 0. The van der Waals surface area contributed by atoms with Crippen molar-refractivity contribution in [1.29, 1.82) is 0 Å². The zero-order valence-electron chi connectivity index (χ0n) is 35.5. The van der Waals surface area contributed by atoms with Gasteiger partial charge in [-0.25, -0.2) is 0 Å². The Morgan fingerprint density at radius 1 is 0.354 bits per heavy atom. The second-order valence-electron chi connectivity index (χ2n) is 17.2. The Morgan fingerprint density at radius 2 is 0.954 bits per heavy atom. The lowest BCUT2D eigenvalue weighted by Gasteiger charge is -2.35. The molecule has 0 unspecified atom stereocenters. The highest BCUT2D eigenvalue weighted by Gasteiger charge is 2.46. The smallest absolute Gasteiger partial charge is 0.143 e. The Kier molecular flexibility index (Phi) is 8.47. The molecule has 0 spiro atoms. The largest absolute Gasteiger partial charge is 0.455 e. The summed E-state index contributed by atoms with van der Waals surface area (Å²) in [4.78, 5) is 2.45. The minimum atomic E-state index is -0.546. The number of rotatable bonds is 7. The summed E-state index contributed by atoms with van der Waals surface area (Å²) >= 11 is 0. The van der Waals surface area contributed by atoms with E-state index < -0.39 is 5.41 Å². The maximum atomic E-state index is 7.14. The van der Waals surface area contributed by atoms with Gasteiger partial charge in [-0.05, 0) is 120 Å². The lowest BCUT2D eigenvalue weighted by Crippen LogP contribution is -2.28. The van der Waals surface area contributed by atoms with E-state index >= 15 is 0 Å². The molecule has 65 heavy (non-hydrogen) atoms. The molecule has 0 atom stereocenters. The summed E-state index contributed by atoms with van der Waals surface area (Å²) in [6.07, 6.45) is 0. The molecule has 1 aliphatic rings. The van der Waals surface area contributed by atoms with Gasteiger partial charge in [0.05, 0.1) is 16.5 Å². The van der Waals surface area contributed by atoms with E-state index in [2.05, 4.69) is 254 Å². The SMILES string of the molecule is c1ccc(-c2ccc(N(c3ccc4c(c3)C(c3ccccc3)(c3ccccc3)c3ccccc3-4)c3cccc4oc5c(-c6ccc7ccccc7c6)c6ccccc6cc5c34)cc2)cc1. The van der Waals surface area contributed by atoms with Crippen molar-refractivity contribution in [3.63, 3.8) is 0 Å². The number of benzene rings is 11. The molecule has 0 saturated heterocycles. The number of anilines is 3. The number of fused-ring (bicyclic) bond motifs is 8. The maximum absolute atomic E-state index is 7.14. The molecule has 2 nitrogen and oxygen atoms in total. The molecule has 1 aromatic heterocycles. The third-order valence-electron chi connectivity index (χ3n) is 13.7. The standard InChI is InChI=1S/C63H41NO/c1-4-17-42(18-5-1)44-33-35-50(36-34-44)64(51-37-38-54-53-27-14-15-28-56(53)63(57(54)41-51,48-22-6-2-7-23-48)49-24-8-3-9-25-49)58-29-16-30-59-61(58)55-40-46-21-12-13-26-52(46)60(62(55)65-59)47-32-31-43-19-10-11-20-45(43)39-47/h1-41H. The lowest BCUT2D eigenvalue weighted by molar-refractivity contribution is 0.670. The van der Waals surface area contributed by atoms with E-state index in [0.29, 0.717) is 0 Å². The molecule has 304 valence electrons. The van der Waals surface area contributed by atoms with Crippen LogP contribution >= 0.6 is 0 Å². The topological polar surface area (TPSA) is 16.4 Å². The van der Waals surface area contributed by atoms with Crippen LogP contribution in [0.1, 0.15) is 22.3 Å². The molecule has 0 fully saturated rings. The average molecular weight is 828 g/mol. The average Bonchev–Trinajstić information content (AvgIpc) is 3.90. The van der Waals surface area contributed by atoms with Crippen molar-refractivity contribution in [2.75, 3.05) is 4.90 Å². The molecule has 1 aliphatic carbocycles. The number of nitrogens with zero attached hydrogens (tertiary/aromatic N) is 1. The van der Waals surface area contributed by atoms with Gasteiger partial charge in [-0.1, -0.05) is 200 Å². The summed E-state index contributed by atoms with van der Waals surface area (Å²) in [5.41, 5.74) is 16.5. The molecule has 13 rings (SSSR count). The highest BCUT2D eigenvalue weighted by atomic mass is 16.3. The number of hydrogen-bond acceptors (Lipinski definition) is 2. The highest BCUT2D eigenvalue weighted by Crippen LogP contribution is 2.58. The van der Waals surface area contributed by atoms with Gasteiger partial charge >= 0.3 is 0 Å². The Hall–Kier alpha value is -8.46. The molecule has 0 radical (unpaired) electrons. The Labute approximate surface area is 377 Å². The van der Waals surface area contributed by atoms with Gasteiger partial charge in [0.25, 0.3) is 0 Å². The Bertz CT molecular complexity index is 3720. The minimum absolute atomic E-state index is 0.546. The molecular weight excluding hydrogens is 787 g/mol. The van der Waals surface area contributed by atoms with Gasteiger partial charge in [-0.3, -0.25) is 0 Å². The lowest BCUT2D eigenvalue weighted by atomic mass is 9.67. The van der Waals surface area contributed by atoms with E-state index in [9.17, 15) is 0 Å². The van der Waals surface area contributed by atoms with E-state index in [0.717, 1.165) is 50.1 Å². The van der Waals surface area contributed by atoms with Crippen molar-refractivity contribution in [2.45, 2.75) is 5.41 Å². The fourth-order valence-corrected chi connectivity index (χ4v) is 10.9. The quantitative estimate of drug-likeness (QED) is 0.159. The van der Waals surface area contributed by atoms with E-state index in [-0.39, 0.29) is 0 Å². The zero-order chi connectivity index (χ0) is 42.9. The predicted molar refractivity (Wildman–Crippen MR) is 272 cm³/mol. The van der Waals surface area contributed by atoms with Crippen molar-refractivity contribution in [3.8, 4) is 33.4 Å². The van der Waals surface area contributed by atoms with Gasteiger partial charge in [-0.15, -0.1) is 0 Å². The van der Waals surface area contributed by atoms with E-state index in [1.54, 1.807) is 0 Å². The van der Waals surface area contributed by atoms with Crippen LogP contribution in [0.5, 0.6) is 0 Å². The summed E-state index contributed by atoms with van der Waals surface area (Å²) < 4.78 is 7.14. The van der Waals surface area contributed by atoms with Crippen molar-refractivity contribution in [3.05, 3.63) is 271 Å². The molecule has 0 aliphatic heterocycles. The van der Waals surface area contributed by atoms with Crippen LogP contribution in [0.4, 0.5) is 17.1 Å². The first kappa shape index (κ1) is 37.1. The second kappa shape index (κ2) is 14.8. The normalized spacial score (nSPS) is 12.7. The van der Waals surface area contributed by atoms with Gasteiger partial charge in [0.1, 0.15) is 11.2 Å². The fraction of sp³-hybridized carbons (Fsp3) is 0.0159. The van der Waals surface area contributed by atoms with Crippen molar-refractivity contribution in [1.82, 2.24) is 0 Å². The van der Waals surface area contributed by atoms with Gasteiger partial charge < -0.3 is 9.32 Å². The van der Waals surface area contributed by atoms with Crippen LogP contribution in [0.3, 0.4) is 0 Å². The first-order valence-corrected chi connectivity index (χ1v) is 22.4.